The first kappa shape index (κ1) is 20.5. The van der Waals surface area contributed by atoms with Crippen molar-refractivity contribution in [1.82, 2.24) is 0 Å². The summed E-state index contributed by atoms with van der Waals surface area (Å²) in [6, 6.07) is 0. The molecule has 4 saturated heterocycles. The molecule has 0 aromatic rings. The number of hydrogen-bond donors (Lipinski definition) is 0. The molecule has 11 nitrogen and oxygen atoms in total. The maximum absolute atomic E-state index is 12.7. The number of fused-ring (bicyclic) bond motifs is 1. The molecule has 6 unspecified atom stereocenters. The molecule has 0 spiro atoms. The minimum Gasteiger partial charge on any atom is -0.457 e. The van der Waals surface area contributed by atoms with Crippen LogP contribution < -0.4 is 0 Å². The van der Waals surface area contributed by atoms with E-state index in [0.29, 0.717) is 0 Å². The normalized spacial score (nSPS) is 35.1. The van der Waals surface area contributed by atoms with Gasteiger partial charge < -0.3 is 33.2 Å². The van der Waals surface area contributed by atoms with E-state index < -0.39 is 72.8 Å². The van der Waals surface area contributed by atoms with E-state index in [2.05, 4.69) is 6.58 Å². The van der Waals surface area contributed by atoms with Gasteiger partial charge in [0.25, 0.3) is 0 Å². The molecule has 158 valence electrons. The van der Waals surface area contributed by atoms with Crippen molar-refractivity contribution in [2.45, 2.75) is 30.5 Å². The van der Waals surface area contributed by atoms with Gasteiger partial charge in [-0.3, -0.25) is 9.59 Å². The highest BCUT2D eigenvalue weighted by Crippen LogP contribution is 2.51. The average molecular weight is 524 g/mol. The van der Waals surface area contributed by atoms with Crippen molar-refractivity contribution in [2.75, 3.05) is 26.6 Å². The lowest BCUT2D eigenvalue weighted by atomic mass is 9.78. The van der Waals surface area contributed by atoms with Crippen molar-refractivity contribution >= 4 is 46.5 Å². The first-order chi connectivity index (χ1) is 13.9. The van der Waals surface area contributed by atoms with Gasteiger partial charge in [0.05, 0.1) is 16.8 Å². The molecule has 0 saturated carbocycles. The van der Waals surface area contributed by atoms with Crippen LogP contribution in [0.2, 0.25) is 0 Å². The Morgan fingerprint density at radius 2 is 1.83 bits per heavy atom. The predicted molar refractivity (Wildman–Crippen MR) is 96.2 cm³/mol. The molecule has 6 atom stereocenters. The topological polar surface area (TPSA) is 133 Å². The van der Waals surface area contributed by atoms with Crippen molar-refractivity contribution in [1.29, 1.82) is 0 Å². The zero-order valence-electron chi connectivity index (χ0n) is 14.9. The summed E-state index contributed by atoms with van der Waals surface area (Å²) < 4.78 is 36.7. The van der Waals surface area contributed by atoms with Gasteiger partial charge in [-0.1, -0.05) is 6.58 Å². The molecule has 0 aromatic carbocycles. The molecule has 0 aromatic heterocycles. The Morgan fingerprint density at radius 3 is 2.52 bits per heavy atom. The molecule has 4 rings (SSSR count). The highest BCUT2D eigenvalue weighted by atomic mass is 127. The molecule has 2 bridgehead atoms. The van der Waals surface area contributed by atoms with Crippen LogP contribution in [0.4, 0.5) is 0 Å². The van der Waals surface area contributed by atoms with Crippen LogP contribution in [0.25, 0.3) is 0 Å². The van der Waals surface area contributed by atoms with Crippen LogP contribution >= 0.6 is 22.6 Å². The van der Waals surface area contributed by atoms with E-state index in [1.54, 1.807) is 22.6 Å². The van der Waals surface area contributed by atoms with E-state index >= 15 is 0 Å². The number of ether oxygens (including phenoxy) is 7. The second-order valence-electron chi connectivity index (χ2n) is 6.87. The predicted octanol–water partition coefficient (Wildman–Crippen LogP) is -0.755. The molecule has 4 fully saturated rings. The molecule has 4 aliphatic rings. The van der Waals surface area contributed by atoms with Gasteiger partial charge in [0, 0.05) is 0 Å². The summed E-state index contributed by atoms with van der Waals surface area (Å²) in [5.74, 6) is -4.70. The van der Waals surface area contributed by atoms with Gasteiger partial charge in [-0.2, -0.15) is 0 Å². The highest BCUT2D eigenvalue weighted by Gasteiger charge is 2.72. The minimum absolute atomic E-state index is 0.102. The Balaban J connectivity index is 1.41. The summed E-state index contributed by atoms with van der Waals surface area (Å²) >= 11 is 1.66. The van der Waals surface area contributed by atoms with Crippen LogP contribution in [0.1, 0.15) is 0 Å². The summed E-state index contributed by atoms with van der Waals surface area (Å²) in [5.41, 5.74) is 0. The Morgan fingerprint density at radius 1 is 1.10 bits per heavy atom. The zero-order valence-corrected chi connectivity index (χ0v) is 17.1. The van der Waals surface area contributed by atoms with Crippen LogP contribution in [-0.2, 0) is 52.3 Å². The van der Waals surface area contributed by atoms with Crippen LogP contribution in [0.3, 0.4) is 0 Å². The smallest absolute Gasteiger partial charge is 0.344 e. The molecule has 0 amide bonds. The first-order valence-corrected chi connectivity index (χ1v) is 9.87. The number of carbonyl (C=O) groups is 4. The summed E-state index contributed by atoms with van der Waals surface area (Å²) in [6.45, 7) is 3.22. The maximum atomic E-state index is 12.7. The van der Waals surface area contributed by atoms with Crippen molar-refractivity contribution in [2.24, 2.45) is 11.8 Å². The summed E-state index contributed by atoms with van der Waals surface area (Å²) in [4.78, 5) is 48.4. The van der Waals surface area contributed by atoms with Gasteiger partial charge in [-0.05, 0) is 22.6 Å². The molecule has 4 aliphatic heterocycles. The second-order valence-corrected chi connectivity index (χ2v) is 8.17. The Hall–Kier alpha value is -1.77. The molecule has 4 heterocycles. The lowest BCUT2D eigenvalue weighted by Crippen LogP contribution is -2.49. The maximum Gasteiger partial charge on any atom is 0.344 e. The lowest BCUT2D eigenvalue weighted by Gasteiger charge is -2.29. The fraction of sp³-hybridized carbons (Fsp3) is 0.647. The van der Waals surface area contributed by atoms with Crippen LogP contribution in [0.5, 0.6) is 0 Å². The monoisotopic (exact) mass is 524 g/mol. The van der Waals surface area contributed by atoms with Gasteiger partial charge >= 0.3 is 23.9 Å². The molecular formula is C17H17IO11. The minimum atomic E-state index is -1.01. The van der Waals surface area contributed by atoms with Gasteiger partial charge in [0.15, 0.2) is 18.8 Å². The molecule has 0 radical (unpaired) electrons. The first-order valence-electron chi connectivity index (χ1n) is 8.79. The number of rotatable bonds is 6. The number of halogens is 1. The summed E-state index contributed by atoms with van der Waals surface area (Å²) in [7, 11) is 0. The largest absolute Gasteiger partial charge is 0.457 e. The van der Waals surface area contributed by atoms with E-state index in [1.807, 2.05) is 0 Å². The van der Waals surface area contributed by atoms with E-state index in [-0.39, 0.29) is 23.6 Å². The molecule has 0 aliphatic carbocycles. The lowest BCUT2D eigenvalue weighted by molar-refractivity contribution is -0.190. The molecule has 29 heavy (non-hydrogen) atoms. The standard InChI is InChI=1S/C17H17IO11/c1-6(18)15(20)25-4-8(19)27-13-11-9(10-12(28-11)14(13)29-17(10)22)16(21)26-7-2-23-5-24-3-7/h7,9-14H,1-5H2. The quantitative estimate of drug-likeness (QED) is 0.188. The van der Waals surface area contributed by atoms with Crippen molar-refractivity contribution in [3.8, 4) is 0 Å². The molecule has 12 heteroatoms. The average Bonchev–Trinajstić information content (AvgIpc) is 3.30. The molecular weight excluding hydrogens is 507 g/mol. The number of carbonyl (C=O) groups excluding carboxylic acids is 4. The van der Waals surface area contributed by atoms with Crippen molar-refractivity contribution in [3.05, 3.63) is 10.2 Å². The summed E-state index contributed by atoms with van der Waals surface area (Å²) in [6.07, 6.45) is -4.04. The third-order valence-corrected chi connectivity index (χ3v) is 5.48. The van der Waals surface area contributed by atoms with E-state index in [1.165, 1.54) is 0 Å². The highest BCUT2D eigenvalue weighted by molar-refractivity contribution is 14.1. The van der Waals surface area contributed by atoms with E-state index in [4.69, 9.17) is 33.2 Å². The van der Waals surface area contributed by atoms with Gasteiger partial charge in [-0.25, -0.2) is 9.59 Å². The van der Waals surface area contributed by atoms with Crippen LogP contribution in [0, 0.1) is 11.8 Å². The Kier molecular flexibility index (Phi) is 5.77. The van der Waals surface area contributed by atoms with Crippen molar-refractivity contribution in [3.63, 3.8) is 0 Å². The van der Waals surface area contributed by atoms with E-state index in [0.717, 1.165) is 0 Å². The summed E-state index contributed by atoms with van der Waals surface area (Å²) in [5, 5.41) is 0. The molecule has 0 N–H and O–H groups in total. The van der Waals surface area contributed by atoms with Crippen molar-refractivity contribution < 1.29 is 52.3 Å². The fourth-order valence-electron chi connectivity index (χ4n) is 3.90. The van der Waals surface area contributed by atoms with Crippen LogP contribution in [0.15, 0.2) is 10.2 Å². The zero-order chi connectivity index (χ0) is 20.7. The fourth-order valence-corrected chi connectivity index (χ4v) is 4.06. The Labute approximate surface area is 178 Å². The Bertz CT molecular complexity index is 746. The van der Waals surface area contributed by atoms with Gasteiger partial charge in [0.2, 0.25) is 0 Å². The van der Waals surface area contributed by atoms with Gasteiger partial charge in [-0.15, -0.1) is 0 Å². The second kappa shape index (κ2) is 8.16. The van der Waals surface area contributed by atoms with Gasteiger partial charge in [0.1, 0.15) is 36.9 Å². The third kappa shape index (κ3) is 3.85. The number of hydrogen-bond acceptors (Lipinski definition) is 11. The van der Waals surface area contributed by atoms with Crippen LogP contribution in [-0.4, -0.2) is 81.0 Å². The third-order valence-electron chi connectivity index (χ3n) is 5.04. The number of esters is 4. The SMILES string of the molecule is C=C(I)C(=O)OCC(=O)OC1C2OC(=O)C3C2OC1C3C(=O)OC1COCOC1. The van der Waals surface area contributed by atoms with E-state index in [9.17, 15) is 19.2 Å².